The Morgan fingerprint density at radius 2 is 2.15 bits per heavy atom. The maximum Gasteiger partial charge on any atom is 0.251 e. The number of nitrogens with zero attached hydrogens (tertiary/aromatic N) is 2. The predicted octanol–water partition coefficient (Wildman–Crippen LogP) is 2.01. The van der Waals surface area contributed by atoms with Gasteiger partial charge in [-0.3, -0.25) is 4.79 Å². The van der Waals surface area contributed by atoms with Crippen molar-refractivity contribution in [3.63, 3.8) is 0 Å². The van der Waals surface area contributed by atoms with Crippen LogP contribution in [0.25, 0.3) is 0 Å². The summed E-state index contributed by atoms with van der Waals surface area (Å²) in [6.45, 7) is 6.12. The molecular weight excluding hydrogens is 256 g/mol. The number of amides is 1. The lowest BCUT2D eigenvalue weighted by Gasteiger charge is -2.09. The third-order valence-electron chi connectivity index (χ3n) is 2.82. The molecule has 0 aliphatic heterocycles. The van der Waals surface area contributed by atoms with Crippen LogP contribution in [-0.4, -0.2) is 16.0 Å². The number of pyridine rings is 1. The smallest absolute Gasteiger partial charge is 0.251 e. The molecule has 0 aliphatic rings. The summed E-state index contributed by atoms with van der Waals surface area (Å²) in [6, 6.07) is 5.09. The largest absolute Gasteiger partial charge is 0.384 e. The highest BCUT2D eigenvalue weighted by Gasteiger charge is 2.11. The summed E-state index contributed by atoms with van der Waals surface area (Å²) in [5, 5.41) is 6.53. The zero-order chi connectivity index (χ0) is 14.7. The number of hydrogen-bond donors (Lipinski definition) is 2. The molecule has 2 rings (SSSR count). The van der Waals surface area contributed by atoms with Crippen LogP contribution >= 0.6 is 0 Å². The third kappa shape index (κ3) is 3.34. The Hall–Kier alpha value is -2.37. The molecule has 0 bridgehead atoms. The first-order valence-corrected chi connectivity index (χ1v) is 6.43. The van der Waals surface area contributed by atoms with E-state index in [0.717, 1.165) is 11.4 Å². The zero-order valence-electron chi connectivity index (χ0n) is 11.8. The van der Waals surface area contributed by atoms with Gasteiger partial charge in [0.1, 0.15) is 5.82 Å². The van der Waals surface area contributed by atoms with E-state index in [1.54, 1.807) is 18.2 Å². The number of nitrogen functional groups attached to an aromatic ring is 1. The van der Waals surface area contributed by atoms with Crippen molar-refractivity contribution in [2.45, 2.75) is 33.2 Å². The van der Waals surface area contributed by atoms with E-state index in [0.29, 0.717) is 23.7 Å². The lowest BCUT2D eigenvalue weighted by Crippen LogP contribution is -2.23. The van der Waals surface area contributed by atoms with E-state index in [9.17, 15) is 4.79 Å². The molecule has 0 unspecified atom stereocenters. The third-order valence-corrected chi connectivity index (χ3v) is 2.82. The Bertz CT molecular complexity index is 619. The molecular formula is C14H18N4O2. The Labute approximate surface area is 117 Å². The topological polar surface area (TPSA) is 94.0 Å². The minimum Gasteiger partial charge on any atom is -0.384 e. The number of carbonyl (C=O) groups is 1. The summed E-state index contributed by atoms with van der Waals surface area (Å²) in [5.74, 6) is 0.954. The van der Waals surface area contributed by atoms with Gasteiger partial charge in [-0.2, -0.15) is 0 Å². The fourth-order valence-electron chi connectivity index (χ4n) is 1.77. The fraction of sp³-hybridized carbons (Fsp3) is 0.357. The highest BCUT2D eigenvalue weighted by Crippen LogP contribution is 2.16. The van der Waals surface area contributed by atoms with Gasteiger partial charge in [-0.25, -0.2) is 4.98 Å². The van der Waals surface area contributed by atoms with E-state index < -0.39 is 0 Å². The van der Waals surface area contributed by atoms with E-state index in [4.69, 9.17) is 10.3 Å². The van der Waals surface area contributed by atoms with Crippen LogP contribution in [0.1, 0.15) is 47.3 Å². The molecule has 0 radical (unpaired) electrons. The Balaban J connectivity index is 2.09. The normalized spacial score (nSPS) is 10.8. The second-order valence-electron chi connectivity index (χ2n) is 4.98. The quantitative estimate of drug-likeness (QED) is 0.889. The Morgan fingerprint density at radius 3 is 2.75 bits per heavy atom. The number of nitrogens with one attached hydrogen (secondary N) is 1. The first-order valence-electron chi connectivity index (χ1n) is 6.43. The van der Waals surface area contributed by atoms with Gasteiger partial charge < -0.3 is 15.6 Å². The molecule has 6 nitrogen and oxygen atoms in total. The molecule has 2 heterocycles. The van der Waals surface area contributed by atoms with Gasteiger partial charge in [0.2, 0.25) is 0 Å². The molecule has 0 fully saturated rings. The van der Waals surface area contributed by atoms with Gasteiger partial charge in [-0.15, -0.1) is 0 Å². The minimum absolute atomic E-state index is 0.210. The van der Waals surface area contributed by atoms with Crippen LogP contribution < -0.4 is 11.1 Å². The standard InChI is InChI=1S/C14H18N4O2/c1-8(2)12-5-10(6-13(15)17-12)14(19)16-7-11-4-9(3)18-20-11/h4-6,8H,7H2,1-3H3,(H2,15,17)(H,16,19). The van der Waals surface area contributed by atoms with Gasteiger partial charge in [-0.05, 0) is 25.0 Å². The van der Waals surface area contributed by atoms with Crippen LogP contribution in [0.3, 0.4) is 0 Å². The molecule has 6 heteroatoms. The average molecular weight is 274 g/mol. The predicted molar refractivity (Wildman–Crippen MR) is 75.1 cm³/mol. The van der Waals surface area contributed by atoms with E-state index in [1.807, 2.05) is 20.8 Å². The second-order valence-corrected chi connectivity index (χ2v) is 4.98. The Morgan fingerprint density at radius 1 is 1.40 bits per heavy atom. The van der Waals surface area contributed by atoms with Crippen LogP contribution in [0.2, 0.25) is 0 Å². The van der Waals surface area contributed by atoms with E-state index >= 15 is 0 Å². The van der Waals surface area contributed by atoms with Crippen LogP contribution in [0.15, 0.2) is 22.7 Å². The summed E-state index contributed by atoms with van der Waals surface area (Å²) in [6.07, 6.45) is 0. The molecule has 106 valence electrons. The number of nitrogens with two attached hydrogens (primary N) is 1. The molecule has 0 atom stereocenters. The molecule has 3 N–H and O–H groups in total. The summed E-state index contributed by atoms with van der Waals surface area (Å²) in [7, 11) is 0. The van der Waals surface area contributed by atoms with Crippen molar-refractivity contribution in [1.29, 1.82) is 0 Å². The highest BCUT2D eigenvalue weighted by atomic mass is 16.5. The van der Waals surface area contributed by atoms with Crippen LogP contribution in [0, 0.1) is 6.92 Å². The zero-order valence-corrected chi connectivity index (χ0v) is 11.8. The van der Waals surface area contributed by atoms with Crippen molar-refractivity contribution in [2.75, 3.05) is 5.73 Å². The van der Waals surface area contributed by atoms with Crippen molar-refractivity contribution in [3.05, 3.63) is 40.9 Å². The number of anilines is 1. The van der Waals surface area contributed by atoms with Gasteiger partial charge in [0, 0.05) is 17.3 Å². The SMILES string of the molecule is Cc1cc(CNC(=O)c2cc(N)nc(C(C)C)c2)on1. The maximum absolute atomic E-state index is 12.1. The molecule has 0 saturated heterocycles. The van der Waals surface area contributed by atoms with Crippen molar-refractivity contribution < 1.29 is 9.32 Å². The van der Waals surface area contributed by atoms with Gasteiger partial charge in [0.05, 0.1) is 12.2 Å². The lowest BCUT2D eigenvalue weighted by atomic mass is 10.1. The summed E-state index contributed by atoms with van der Waals surface area (Å²) >= 11 is 0. The van der Waals surface area contributed by atoms with E-state index in [2.05, 4.69) is 15.5 Å². The monoisotopic (exact) mass is 274 g/mol. The second kappa shape index (κ2) is 5.73. The molecule has 2 aromatic rings. The highest BCUT2D eigenvalue weighted by molar-refractivity contribution is 5.94. The number of rotatable bonds is 4. The fourth-order valence-corrected chi connectivity index (χ4v) is 1.77. The summed E-state index contributed by atoms with van der Waals surface area (Å²) in [4.78, 5) is 16.3. The number of aryl methyl sites for hydroxylation is 1. The molecule has 2 aromatic heterocycles. The number of hydrogen-bond acceptors (Lipinski definition) is 5. The van der Waals surface area contributed by atoms with Gasteiger partial charge in [0.25, 0.3) is 5.91 Å². The van der Waals surface area contributed by atoms with Crippen molar-refractivity contribution in [2.24, 2.45) is 0 Å². The van der Waals surface area contributed by atoms with Gasteiger partial charge in [-0.1, -0.05) is 19.0 Å². The minimum atomic E-state index is -0.213. The number of carbonyl (C=O) groups excluding carboxylic acids is 1. The van der Waals surface area contributed by atoms with Crippen LogP contribution in [0.4, 0.5) is 5.82 Å². The summed E-state index contributed by atoms with van der Waals surface area (Å²) < 4.78 is 5.03. The van der Waals surface area contributed by atoms with Crippen LogP contribution in [-0.2, 0) is 6.54 Å². The van der Waals surface area contributed by atoms with E-state index in [-0.39, 0.29) is 11.8 Å². The first-order chi connectivity index (χ1) is 9.45. The van der Waals surface area contributed by atoms with Gasteiger partial charge in [0.15, 0.2) is 5.76 Å². The molecule has 20 heavy (non-hydrogen) atoms. The molecule has 0 spiro atoms. The molecule has 1 amide bonds. The summed E-state index contributed by atoms with van der Waals surface area (Å²) in [5.41, 5.74) is 7.80. The molecule has 0 aliphatic carbocycles. The van der Waals surface area contributed by atoms with Crippen molar-refractivity contribution >= 4 is 11.7 Å². The van der Waals surface area contributed by atoms with Crippen LogP contribution in [0.5, 0.6) is 0 Å². The van der Waals surface area contributed by atoms with E-state index in [1.165, 1.54) is 0 Å². The number of aromatic nitrogens is 2. The molecule has 0 saturated carbocycles. The Kier molecular flexibility index (Phi) is 4.02. The lowest BCUT2D eigenvalue weighted by molar-refractivity contribution is 0.0947. The van der Waals surface area contributed by atoms with Gasteiger partial charge >= 0.3 is 0 Å². The van der Waals surface area contributed by atoms with Crippen molar-refractivity contribution in [1.82, 2.24) is 15.5 Å². The maximum atomic E-state index is 12.1. The average Bonchev–Trinajstić information content (AvgIpc) is 2.81. The first kappa shape index (κ1) is 14.0. The molecule has 0 aromatic carbocycles. The van der Waals surface area contributed by atoms with Crippen molar-refractivity contribution in [3.8, 4) is 0 Å².